The first-order chi connectivity index (χ1) is 6.69. The second-order valence-corrected chi connectivity index (χ2v) is 4.26. The van der Waals surface area contributed by atoms with Gasteiger partial charge < -0.3 is 5.73 Å². The number of nitrogens with zero attached hydrogens (tertiary/aromatic N) is 3. The van der Waals surface area contributed by atoms with E-state index in [0.717, 1.165) is 30.1 Å². The van der Waals surface area contributed by atoms with Gasteiger partial charge in [-0.2, -0.15) is 0 Å². The van der Waals surface area contributed by atoms with Gasteiger partial charge in [0.15, 0.2) is 0 Å². The van der Waals surface area contributed by atoms with Crippen molar-refractivity contribution in [2.45, 2.75) is 39.3 Å². The van der Waals surface area contributed by atoms with Gasteiger partial charge in [-0.1, -0.05) is 18.3 Å². The van der Waals surface area contributed by atoms with Gasteiger partial charge in [-0.3, -0.25) is 4.90 Å². The van der Waals surface area contributed by atoms with Crippen LogP contribution in [0.2, 0.25) is 0 Å². The van der Waals surface area contributed by atoms with Gasteiger partial charge >= 0.3 is 0 Å². The van der Waals surface area contributed by atoms with Gasteiger partial charge in [0.2, 0.25) is 0 Å². The van der Waals surface area contributed by atoms with Crippen molar-refractivity contribution < 1.29 is 0 Å². The Bertz CT molecular complexity index is 270. The maximum absolute atomic E-state index is 5.74. The molecular formula is C9H18N4S. The Hall–Kier alpha value is -0.680. The van der Waals surface area contributed by atoms with E-state index in [1.54, 1.807) is 0 Å². The predicted octanol–water partition coefficient (Wildman–Crippen LogP) is 1.74. The van der Waals surface area contributed by atoms with Crippen LogP contribution in [0.3, 0.4) is 0 Å². The molecule has 0 radical (unpaired) electrons. The Labute approximate surface area is 89.3 Å². The molecule has 0 atom stereocenters. The van der Waals surface area contributed by atoms with Crippen molar-refractivity contribution in [1.82, 2.24) is 14.5 Å². The number of hydrogen-bond donors (Lipinski definition) is 1. The summed E-state index contributed by atoms with van der Waals surface area (Å²) in [5.41, 5.74) is 6.65. The van der Waals surface area contributed by atoms with E-state index >= 15 is 0 Å². The van der Waals surface area contributed by atoms with E-state index in [-0.39, 0.29) is 0 Å². The Balaban J connectivity index is 2.56. The van der Waals surface area contributed by atoms with E-state index in [0.29, 0.717) is 6.04 Å². The molecule has 5 heteroatoms. The maximum atomic E-state index is 5.74. The molecule has 14 heavy (non-hydrogen) atoms. The maximum Gasteiger partial charge on any atom is 0.132 e. The molecule has 0 aliphatic rings. The van der Waals surface area contributed by atoms with E-state index in [1.165, 1.54) is 11.5 Å². The number of rotatable bonds is 5. The van der Waals surface area contributed by atoms with Crippen LogP contribution in [0.15, 0.2) is 0 Å². The minimum absolute atomic E-state index is 0.607. The molecule has 0 fully saturated rings. The fourth-order valence-corrected chi connectivity index (χ4v) is 2.04. The van der Waals surface area contributed by atoms with Crippen molar-refractivity contribution in [1.29, 1.82) is 0 Å². The molecule has 0 saturated heterocycles. The summed E-state index contributed by atoms with van der Waals surface area (Å²) in [6.07, 6.45) is 2.31. The number of anilines is 1. The first kappa shape index (κ1) is 11.4. The SMILES string of the molecule is CCC(CC)N(C)Cc1nnsc1N. The van der Waals surface area contributed by atoms with Gasteiger partial charge in [0.1, 0.15) is 10.7 Å². The second-order valence-electron chi connectivity index (χ2n) is 3.47. The summed E-state index contributed by atoms with van der Waals surface area (Å²) in [6, 6.07) is 0.607. The molecule has 0 aliphatic heterocycles. The third kappa shape index (κ3) is 2.65. The fraction of sp³-hybridized carbons (Fsp3) is 0.778. The Morgan fingerprint density at radius 1 is 1.43 bits per heavy atom. The Morgan fingerprint density at radius 3 is 2.50 bits per heavy atom. The molecule has 2 N–H and O–H groups in total. The van der Waals surface area contributed by atoms with Crippen molar-refractivity contribution in [2.24, 2.45) is 0 Å². The lowest BCUT2D eigenvalue weighted by Crippen LogP contribution is -2.30. The molecule has 0 amide bonds. The van der Waals surface area contributed by atoms with E-state index in [4.69, 9.17) is 5.73 Å². The van der Waals surface area contributed by atoms with Crippen LogP contribution in [0.4, 0.5) is 5.00 Å². The Kier molecular flexibility index (Phi) is 4.28. The summed E-state index contributed by atoms with van der Waals surface area (Å²) < 4.78 is 3.83. The van der Waals surface area contributed by atoms with Crippen molar-refractivity contribution in [2.75, 3.05) is 12.8 Å². The van der Waals surface area contributed by atoms with Gasteiger partial charge in [-0.05, 0) is 19.9 Å². The molecule has 4 nitrogen and oxygen atoms in total. The third-order valence-electron chi connectivity index (χ3n) is 2.55. The average molecular weight is 214 g/mol. The van der Waals surface area contributed by atoms with E-state index in [9.17, 15) is 0 Å². The van der Waals surface area contributed by atoms with Crippen molar-refractivity contribution >= 4 is 16.5 Å². The van der Waals surface area contributed by atoms with Gasteiger partial charge in [-0.15, -0.1) is 5.10 Å². The standard InChI is InChI=1S/C9H18N4S/c1-4-7(5-2)13(3)6-8-9(10)14-12-11-8/h7H,4-6,10H2,1-3H3. The number of hydrogen-bond acceptors (Lipinski definition) is 5. The highest BCUT2D eigenvalue weighted by Gasteiger charge is 2.13. The molecule has 0 saturated carbocycles. The van der Waals surface area contributed by atoms with Crippen LogP contribution in [-0.2, 0) is 6.54 Å². The molecule has 0 bridgehead atoms. The lowest BCUT2D eigenvalue weighted by Gasteiger charge is -2.25. The lowest BCUT2D eigenvalue weighted by molar-refractivity contribution is 0.219. The highest BCUT2D eigenvalue weighted by molar-refractivity contribution is 7.09. The van der Waals surface area contributed by atoms with Crippen LogP contribution in [0.5, 0.6) is 0 Å². The van der Waals surface area contributed by atoms with Gasteiger partial charge in [0, 0.05) is 24.1 Å². The smallest absolute Gasteiger partial charge is 0.132 e. The zero-order chi connectivity index (χ0) is 10.6. The quantitative estimate of drug-likeness (QED) is 0.811. The molecule has 0 spiro atoms. The highest BCUT2D eigenvalue weighted by atomic mass is 32.1. The van der Waals surface area contributed by atoms with Crippen molar-refractivity contribution in [3.8, 4) is 0 Å². The lowest BCUT2D eigenvalue weighted by atomic mass is 10.1. The molecule has 0 aliphatic carbocycles. The van der Waals surface area contributed by atoms with E-state index in [1.807, 2.05) is 0 Å². The largest absolute Gasteiger partial charge is 0.388 e. The van der Waals surface area contributed by atoms with Gasteiger partial charge in [0.05, 0.1) is 0 Å². The molecule has 1 heterocycles. The minimum atomic E-state index is 0.607. The molecular weight excluding hydrogens is 196 g/mol. The zero-order valence-electron chi connectivity index (χ0n) is 9.03. The molecule has 0 aromatic carbocycles. The van der Waals surface area contributed by atoms with Crippen LogP contribution in [-0.4, -0.2) is 27.6 Å². The molecule has 1 aromatic heterocycles. The third-order valence-corrected chi connectivity index (χ3v) is 3.15. The summed E-state index contributed by atoms with van der Waals surface area (Å²) in [4.78, 5) is 2.28. The van der Waals surface area contributed by atoms with E-state index in [2.05, 4.69) is 35.4 Å². The zero-order valence-corrected chi connectivity index (χ0v) is 9.84. The van der Waals surface area contributed by atoms with Gasteiger partial charge in [-0.25, -0.2) is 0 Å². The van der Waals surface area contributed by atoms with Crippen LogP contribution < -0.4 is 5.73 Å². The molecule has 0 unspecified atom stereocenters. The molecule has 1 aromatic rings. The van der Waals surface area contributed by atoms with Gasteiger partial charge in [0.25, 0.3) is 0 Å². The van der Waals surface area contributed by atoms with E-state index < -0.39 is 0 Å². The number of nitrogen functional groups attached to an aromatic ring is 1. The van der Waals surface area contributed by atoms with Crippen LogP contribution in [0.25, 0.3) is 0 Å². The van der Waals surface area contributed by atoms with Crippen LogP contribution in [0.1, 0.15) is 32.4 Å². The van der Waals surface area contributed by atoms with Crippen molar-refractivity contribution in [3.05, 3.63) is 5.69 Å². The minimum Gasteiger partial charge on any atom is -0.388 e. The van der Waals surface area contributed by atoms with Crippen LogP contribution in [0, 0.1) is 0 Å². The molecule has 80 valence electrons. The number of nitrogens with two attached hydrogens (primary N) is 1. The highest BCUT2D eigenvalue weighted by Crippen LogP contribution is 2.16. The predicted molar refractivity (Wildman–Crippen MR) is 60.2 cm³/mol. The van der Waals surface area contributed by atoms with Crippen LogP contribution >= 0.6 is 11.5 Å². The monoisotopic (exact) mass is 214 g/mol. The normalized spacial score (nSPS) is 11.5. The Morgan fingerprint density at radius 2 is 2.07 bits per heavy atom. The molecule has 1 rings (SSSR count). The first-order valence-corrected chi connectivity index (χ1v) is 5.73. The summed E-state index contributed by atoms with van der Waals surface area (Å²) in [5.74, 6) is 0. The number of aromatic nitrogens is 2. The average Bonchev–Trinajstić information content (AvgIpc) is 2.54. The summed E-state index contributed by atoms with van der Waals surface area (Å²) in [6.45, 7) is 5.20. The summed E-state index contributed by atoms with van der Waals surface area (Å²) in [7, 11) is 2.11. The summed E-state index contributed by atoms with van der Waals surface area (Å²) >= 11 is 1.26. The summed E-state index contributed by atoms with van der Waals surface area (Å²) in [5, 5.41) is 4.75. The first-order valence-electron chi connectivity index (χ1n) is 4.95. The fourth-order valence-electron chi connectivity index (χ4n) is 1.60. The second kappa shape index (κ2) is 5.26. The van der Waals surface area contributed by atoms with Crippen molar-refractivity contribution in [3.63, 3.8) is 0 Å². The topological polar surface area (TPSA) is 55.0 Å².